The van der Waals surface area contributed by atoms with Gasteiger partial charge in [0.15, 0.2) is 11.6 Å². The largest absolute Gasteiger partial charge is 0.393 e. The molecule has 2 aromatic carbocycles. The van der Waals surface area contributed by atoms with E-state index in [1.54, 1.807) is 6.33 Å². The summed E-state index contributed by atoms with van der Waals surface area (Å²) in [5.74, 6) is 1.43. The Bertz CT molecular complexity index is 890. The molecule has 1 aliphatic heterocycles. The Hall–Kier alpha value is -3.16. The van der Waals surface area contributed by atoms with E-state index in [9.17, 15) is 0 Å². The minimum Gasteiger partial charge on any atom is -0.393 e. The van der Waals surface area contributed by atoms with E-state index in [1.807, 2.05) is 12.1 Å². The molecule has 0 unspecified atom stereocenters. The van der Waals surface area contributed by atoms with Crippen LogP contribution < -0.4 is 16.0 Å². The van der Waals surface area contributed by atoms with Crippen molar-refractivity contribution in [3.05, 3.63) is 78.1 Å². The summed E-state index contributed by atoms with van der Waals surface area (Å²) in [4.78, 5) is 13.5. The SMILES string of the molecule is Nc1c(NCCN2CCOCC2)ncnc1N(Cc1ccccc1)Cc1ccccc1. The molecular weight excluding hydrogens is 388 g/mol. The standard InChI is InChI=1S/C24H30N6O/c25-22-23(26-11-12-29-13-15-31-16-14-29)27-19-28-24(22)30(17-20-7-3-1-4-8-20)18-21-9-5-2-6-10-21/h1-10,19H,11-18,25H2,(H,26,27,28). The average Bonchev–Trinajstić information content (AvgIpc) is 2.82. The molecule has 2 heterocycles. The first-order chi connectivity index (χ1) is 15.3. The Kier molecular flexibility index (Phi) is 7.31. The number of rotatable bonds is 9. The number of hydrogen-bond donors (Lipinski definition) is 2. The Morgan fingerprint density at radius 2 is 1.52 bits per heavy atom. The molecule has 0 aliphatic carbocycles. The lowest BCUT2D eigenvalue weighted by atomic mass is 10.1. The summed E-state index contributed by atoms with van der Waals surface area (Å²) < 4.78 is 5.41. The number of anilines is 3. The van der Waals surface area contributed by atoms with E-state index < -0.39 is 0 Å². The van der Waals surface area contributed by atoms with E-state index >= 15 is 0 Å². The van der Waals surface area contributed by atoms with Gasteiger partial charge < -0.3 is 20.7 Å². The zero-order chi connectivity index (χ0) is 21.3. The van der Waals surface area contributed by atoms with Crippen molar-refractivity contribution in [2.24, 2.45) is 0 Å². The normalized spacial score (nSPS) is 14.3. The number of nitrogens with zero attached hydrogens (tertiary/aromatic N) is 4. The quantitative estimate of drug-likeness (QED) is 0.553. The predicted molar refractivity (Wildman–Crippen MR) is 125 cm³/mol. The fourth-order valence-corrected chi connectivity index (χ4v) is 3.75. The first kappa shape index (κ1) is 21.1. The van der Waals surface area contributed by atoms with Crippen LogP contribution in [-0.2, 0) is 17.8 Å². The highest BCUT2D eigenvalue weighted by Crippen LogP contribution is 2.28. The highest BCUT2D eigenvalue weighted by Gasteiger charge is 2.17. The van der Waals surface area contributed by atoms with Crippen molar-refractivity contribution in [3.8, 4) is 0 Å². The minimum absolute atomic E-state index is 0.580. The molecule has 1 aliphatic rings. The third kappa shape index (κ3) is 5.93. The Balaban J connectivity index is 1.50. The number of nitrogens with one attached hydrogen (secondary N) is 1. The smallest absolute Gasteiger partial charge is 0.158 e. The Labute approximate surface area is 183 Å². The number of hydrogen-bond acceptors (Lipinski definition) is 7. The Morgan fingerprint density at radius 3 is 2.13 bits per heavy atom. The third-order valence-electron chi connectivity index (χ3n) is 5.42. The van der Waals surface area contributed by atoms with Gasteiger partial charge in [-0.15, -0.1) is 0 Å². The fraction of sp³-hybridized carbons (Fsp3) is 0.333. The monoisotopic (exact) mass is 418 g/mol. The van der Waals surface area contributed by atoms with Crippen molar-refractivity contribution < 1.29 is 4.74 Å². The van der Waals surface area contributed by atoms with Gasteiger partial charge in [0.2, 0.25) is 0 Å². The van der Waals surface area contributed by atoms with Crippen molar-refractivity contribution in [1.82, 2.24) is 14.9 Å². The van der Waals surface area contributed by atoms with Gasteiger partial charge >= 0.3 is 0 Å². The third-order valence-corrected chi connectivity index (χ3v) is 5.42. The topological polar surface area (TPSA) is 79.5 Å². The number of nitrogens with two attached hydrogens (primary N) is 1. The van der Waals surface area contributed by atoms with Crippen LogP contribution in [0.4, 0.5) is 17.3 Å². The molecule has 7 nitrogen and oxygen atoms in total. The molecule has 3 N–H and O–H groups in total. The number of morpholine rings is 1. The molecule has 0 bridgehead atoms. The van der Waals surface area contributed by atoms with Crippen LogP contribution in [0.1, 0.15) is 11.1 Å². The molecule has 0 atom stereocenters. The van der Waals surface area contributed by atoms with Gasteiger partial charge in [-0.2, -0.15) is 0 Å². The van der Waals surface area contributed by atoms with Crippen LogP contribution >= 0.6 is 0 Å². The summed E-state index contributed by atoms with van der Waals surface area (Å²) in [5.41, 5.74) is 9.54. The van der Waals surface area contributed by atoms with Gasteiger partial charge in [-0.25, -0.2) is 9.97 Å². The maximum atomic E-state index is 6.55. The van der Waals surface area contributed by atoms with Crippen LogP contribution in [0.15, 0.2) is 67.0 Å². The second-order valence-corrected chi connectivity index (χ2v) is 7.67. The summed E-state index contributed by atoms with van der Waals surface area (Å²) in [5, 5.41) is 3.40. The van der Waals surface area contributed by atoms with Gasteiger partial charge in [-0.1, -0.05) is 60.7 Å². The van der Waals surface area contributed by atoms with Crippen molar-refractivity contribution in [3.63, 3.8) is 0 Å². The lowest BCUT2D eigenvalue weighted by Crippen LogP contribution is -2.39. The van der Waals surface area contributed by atoms with E-state index in [1.165, 1.54) is 11.1 Å². The summed E-state index contributed by atoms with van der Waals surface area (Å²) >= 11 is 0. The van der Waals surface area contributed by atoms with E-state index in [0.717, 1.165) is 45.2 Å². The van der Waals surface area contributed by atoms with Crippen LogP contribution in [0.25, 0.3) is 0 Å². The van der Waals surface area contributed by atoms with E-state index in [0.29, 0.717) is 24.6 Å². The molecule has 0 saturated carbocycles. The van der Waals surface area contributed by atoms with Gasteiger partial charge in [0.05, 0.1) is 13.2 Å². The lowest BCUT2D eigenvalue weighted by Gasteiger charge is -2.27. The molecule has 1 aromatic heterocycles. The first-order valence-electron chi connectivity index (χ1n) is 10.8. The van der Waals surface area contributed by atoms with Crippen molar-refractivity contribution in [2.45, 2.75) is 13.1 Å². The fourth-order valence-electron chi connectivity index (χ4n) is 3.75. The molecule has 7 heteroatoms. The van der Waals surface area contributed by atoms with Gasteiger partial charge in [0.25, 0.3) is 0 Å². The van der Waals surface area contributed by atoms with E-state index in [4.69, 9.17) is 10.5 Å². The average molecular weight is 419 g/mol. The van der Waals surface area contributed by atoms with Crippen LogP contribution in [0.5, 0.6) is 0 Å². The molecule has 1 fully saturated rings. The summed E-state index contributed by atoms with van der Waals surface area (Å²) in [6.07, 6.45) is 1.59. The van der Waals surface area contributed by atoms with Crippen molar-refractivity contribution >= 4 is 17.3 Å². The molecule has 3 aromatic rings. The minimum atomic E-state index is 0.580. The zero-order valence-electron chi connectivity index (χ0n) is 17.8. The second-order valence-electron chi connectivity index (χ2n) is 7.67. The maximum Gasteiger partial charge on any atom is 0.158 e. The van der Waals surface area contributed by atoms with E-state index in [-0.39, 0.29) is 0 Å². The molecule has 0 radical (unpaired) electrons. The number of nitrogen functional groups attached to an aromatic ring is 1. The molecule has 31 heavy (non-hydrogen) atoms. The van der Waals surface area contributed by atoms with Gasteiger partial charge in [0, 0.05) is 39.3 Å². The van der Waals surface area contributed by atoms with Gasteiger partial charge in [-0.05, 0) is 11.1 Å². The van der Waals surface area contributed by atoms with Crippen molar-refractivity contribution in [1.29, 1.82) is 0 Å². The predicted octanol–water partition coefficient (Wildman–Crippen LogP) is 3.01. The molecule has 0 amide bonds. The van der Waals surface area contributed by atoms with Crippen LogP contribution in [0.3, 0.4) is 0 Å². The van der Waals surface area contributed by atoms with Crippen LogP contribution in [0.2, 0.25) is 0 Å². The molecule has 4 rings (SSSR count). The number of benzene rings is 2. The molecule has 1 saturated heterocycles. The van der Waals surface area contributed by atoms with Gasteiger partial charge in [-0.3, -0.25) is 4.90 Å². The molecule has 0 spiro atoms. The zero-order valence-corrected chi connectivity index (χ0v) is 17.8. The molecule has 162 valence electrons. The van der Waals surface area contributed by atoms with Crippen LogP contribution in [-0.4, -0.2) is 54.3 Å². The van der Waals surface area contributed by atoms with Gasteiger partial charge in [0.1, 0.15) is 12.0 Å². The van der Waals surface area contributed by atoms with Crippen molar-refractivity contribution in [2.75, 3.05) is 55.3 Å². The van der Waals surface area contributed by atoms with E-state index in [2.05, 4.69) is 73.6 Å². The van der Waals surface area contributed by atoms with Crippen LogP contribution in [0, 0.1) is 0 Å². The maximum absolute atomic E-state index is 6.55. The summed E-state index contributed by atoms with van der Waals surface area (Å²) in [7, 11) is 0. The molecular formula is C24H30N6O. The lowest BCUT2D eigenvalue weighted by molar-refractivity contribution is 0.0398. The number of aromatic nitrogens is 2. The Morgan fingerprint density at radius 1 is 0.903 bits per heavy atom. The second kappa shape index (κ2) is 10.7. The number of ether oxygens (including phenoxy) is 1. The summed E-state index contributed by atoms with van der Waals surface area (Å²) in [6, 6.07) is 20.8. The summed E-state index contributed by atoms with van der Waals surface area (Å²) in [6.45, 7) is 6.66. The highest BCUT2D eigenvalue weighted by atomic mass is 16.5. The first-order valence-corrected chi connectivity index (χ1v) is 10.8. The highest BCUT2D eigenvalue weighted by molar-refractivity contribution is 5.75.